The van der Waals surface area contributed by atoms with Gasteiger partial charge in [0.2, 0.25) is 5.91 Å². The van der Waals surface area contributed by atoms with Crippen molar-refractivity contribution < 1.29 is 14.7 Å². The molecule has 1 fully saturated rings. The van der Waals surface area contributed by atoms with Crippen LogP contribution in [0.2, 0.25) is 0 Å². The number of hydrogen-bond acceptors (Lipinski definition) is 2. The van der Waals surface area contributed by atoms with E-state index < -0.39 is 11.4 Å². The van der Waals surface area contributed by atoms with Crippen LogP contribution in [0.1, 0.15) is 24.8 Å². The van der Waals surface area contributed by atoms with E-state index in [2.05, 4.69) is 0 Å². The number of aryl methyl sites for hydroxylation is 1. The van der Waals surface area contributed by atoms with Crippen LogP contribution in [0.4, 0.5) is 5.69 Å². The van der Waals surface area contributed by atoms with E-state index in [4.69, 9.17) is 0 Å². The lowest BCUT2D eigenvalue weighted by Gasteiger charge is -2.38. The van der Waals surface area contributed by atoms with Crippen molar-refractivity contribution in [2.45, 2.75) is 26.2 Å². The standard InChI is InChI=1S/C14H17NO3/c1-10-4-6-11(7-5-10)15(2)12(16)14(13(17)18)8-3-9-14/h4-7H,3,8-9H2,1-2H3,(H,17,18). The Morgan fingerprint density at radius 1 is 1.22 bits per heavy atom. The van der Waals surface area contributed by atoms with Crippen LogP contribution in [0.25, 0.3) is 0 Å². The minimum atomic E-state index is -1.19. The van der Waals surface area contributed by atoms with E-state index >= 15 is 0 Å². The Balaban J connectivity index is 2.23. The van der Waals surface area contributed by atoms with E-state index in [1.807, 2.05) is 31.2 Å². The molecule has 0 spiro atoms. The molecule has 0 atom stereocenters. The number of rotatable bonds is 3. The van der Waals surface area contributed by atoms with Crippen LogP contribution in [0, 0.1) is 12.3 Å². The minimum Gasteiger partial charge on any atom is -0.480 e. The van der Waals surface area contributed by atoms with Gasteiger partial charge in [-0.2, -0.15) is 0 Å². The number of benzene rings is 1. The Morgan fingerprint density at radius 2 is 1.78 bits per heavy atom. The third-order valence-corrected chi connectivity index (χ3v) is 3.75. The molecule has 1 amide bonds. The molecule has 1 aromatic rings. The fourth-order valence-electron chi connectivity index (χ4n) is 2.26. The fraction of sp³-hybridized carbons (Fsp3) is 0.429. The molecule has 1 aliphatic carbocycles. The number of aliphatic carboxylic acids is 1. The smallest absolute Gasteiger partial charge is 0.319 e. The van der Waals surface area contributed by atoms with Crippen molar-refractivity contribution in [1.82, 2.24) is 0 Å². The molecule has 0 saturated heterocycles. The number of hydrogen-bond donors (Lipinski definition) is 1. The number of carboxylic acids is 1. The molecular weight excluding hydrogens is 230 g/mol. The van der Waals surface area contributed by atoms with Crippen LogP contribution in [0.15, 0.2) is 24.3 Å². The first-order valence-corrected chi connectivity index (χ1v) is 6.05. The second kappa shape index (κ2) is 4.44. The zero-order chi connectivity index (χ0) is 13.3. The molecule has 96 valence electrons. The zero-order valence-corrected chi connectivity index (χ0v) is 10.6. The van der Waals surface area contributed by atoms with Gasteiger partial charge in [0.05, 0.1) is 0 Å². The highest BCUT2D eigenvalue weighted by Gasteiger charge is 2.52. The Bertz CT molecular complexity index is 474. The first-order chi connectivity index (χ1) is 8.47. The largest absolute Gasteiger partial charge is 0.480 e. The second-order valence-corrected chi connectivity index (χ2v) is 4.94. The van der Waals surface area contributed by atoms with Crippen LogP contribution >= 0.6 is 0 Å². The predicted octanol–water partition coefficient (Wildman–Crippen LogP) is 2.21. The number of anilines is 1. The first kappa shape index (κ1) is 12.6. The lowest BCUT2D eigenvalue weighted by Crippen LogP contribution is -2.51. The van der Waals surface area contributed by atoms with Crippen LogP contribution < -0.4 is 4.90 Å². The maximum Gasteiger partial charge on any atom is 0.319 e. The lowest BCUT2D eigenvalue weighted by atomic mass is 9.68. The molecule has 4 nitrogen and oxygen atoms in total. The quantitative estimate of drug-likeness (QED) is 0.833. The molecule has 0 aromatic heterocycles. The SMILES string of the molecule is Cc1ccc(N(C)C(=O)C2(C(=O)O)CCC2)cc1. The molecule has 1 aliphatic rings. The molecule has 0 unspecified atom stereocenters. The summed E-state index contributed by atoms with van der Waals surface area (Å²) in [5.74, 6) is -1.32. The first-order valence-electron chi connectivity index (χ1n) is 6.05. The van der Waals surface area contributed by atoms with Crippen molar-refractivity contribution in [2.24, 2.45) is 5.41 Å². The van der Waals surface area contributed by atoms with Crippen molar-refractivity contribution in [2.75, 3.05) is 11.9 Å². The third-order valence-electron chi connectivity index (χ3n) is 3.75. The molecule has 0 bridgehead atoms. The molecule has 18 heavy (non-hydrogen) atoms. The van der Waals surface area contributed by atoms with Crippen LogP contribution in [-0.4, -0.2) is 24.0 Å². The molecular formula is C14H17NO3. The van der Waals surface area contributed by atoms with Gasteiger partial charge in [0.1, 0.15) is 5.41 Å². The van der Waals surface area contributed by atoms with E-state index in [0.29, 0.717) is 12.8 Å². The normalized spacial score (nSPS) is 16.8. The summed E-state index contributed by atoms with van der Waals surface area (Å²) in [5.41, 5.74) is 0.647. The Kier molecular flexibility index (Phi) is 3.11. The molecule has 0 radical (unpaired) electrons. The van der Waals surface area contributed by atoms with Crippen molar-refractivity contribution in [3.05, 3.63) is 29.8 Å². The summed E-state index contributed by atoms with van der Waals surface area (Å²) >= 11 is 0. The fourth-order valence-corrected chi connectivity index (χ4v) is 2.26. The average Bonchev–Trinajstić information content (AvgIpc) is 2.27. The van der Waals surface area contributed by atoms with Gasteiger partial charge in [-0.05, 0) is 31.9 Å². The van der Waals surface area contributed by atoms with Crippen LogP contribution in [0.3, 0.4) is 0 Å². The van der Waals surface area contributed by atoms with Gasteiger partial charge in [0, 0.05) is 12.7 Å². The Hall–Kier alpha value is -1.84. The van der Waals surface area contributed by atoms with Gasteiger partial charge in [-0.25, -0.2) is 0 Å². The molecule has 1 aromatic carbocycles. The summed E-state index contributed by atoms with van der Waals surface area (Å²) in [6, 6.07) is 7.49. The predicted molar refractivity (Wildman–Crippen MR) is 68.5 cm³/mol. The number of carbonyl (C=O) groups is 2. The molecule has 2 rings (SSSR count). The highest BCUT2D eigenvalue weighted by Crippen LogP contribution is 2.43. The van der Waals surface area contributed by atoms with Gasteiger partial charge in [-0.15, -0.1) is 0 Å². The third kappa shape index (κ3) is 1.88. The van der Waals surface area contributed by atoms with Gasteiger partial charge in [0.25, 0.3) is 0 Å². The number of nitrogens with zero attached hydrogens (tertiary/aromatic N) is 1. The maximum absolute atomic E-state index is 12.3. The number of carbonyl (C=O) groups excluding carboxylic acids is 1. The van der Waals surface area contributed by atoms with Gasteiger partial charge >= 0.3 is 5.97 Å². The van der Waals surface area contributed by atoms with Crippen molar-refractivity contribution in [1.29, 1.82) is 0 Å². The summed E-state index contributed by atoms with van der Waals surface area (Å²) in [4.78, 5) is 25.1. The van der Waals surface area contributed by atoms with Gasteiger partial charge in [-0.3, -0.25) is 9.59 Å². The monoisotopic (exact) mass is 247 g/mol. The van der Waals surface area contributed by atoms with Crippen molar-refractivity contribution >= 4 is 17.6 Å². The van der Waals surface area contributed by atoms with Gasteiger partial charge in [0.15, 0.2) is 0 Å². The molecule has 4 heteroatoms. The topological polar surface area (TPSA) is 57.6 Å². The molecule has 1 saturated carbocycles. The van der Waals surface area contributed by atoms with Crippen molar-refractivity contribution in [3.8, 4) is 0 Å². The zero-order valence-electron chi connectivity index (χ0n) is 10.6. The summed E-state index contributed by atoms with van der Waals surface area (Å²) in [6.45, 7) is 1.97. The number of amides is 1. The lowest BCUT2D eigenvalue weighted by molar-refractivity contribution is -0.160. The highest BCUT2D eigenvalue weighted by atomic mass is 16.4. The summed E-state index contributed by atoms with van der Waals surface area (Å²) in [6.07, 6.45) is 1.69. The summed E-state index contributed by atoms with van der Waals surface area (Å²) < 4.78 is 0. The second-order valence-electron chi connectivity index (χ2n) is 4.94. The summed E-state index contributed by atoms with van der Waals surface area (Å²) in [7, 11) is 1.63. The minimum absolute atomic E-state index is 0.315. The van der Waals surface area contributed by atoms with E-state index in [-0.39, 0.29) is 5.91 Å². The maximum atomic E-state index is 12.3. The highest BCUT2D eigenvalue weighted by molar-refractivity contribution is 6.10. The molecule has 1 N–H and O–H groups in total. The van der Waals surface area contributed by atoms with Crippen molar-refractivity contribution in [3.63, 3.8) is 0 Å². The van der Waals surface area contributed by atoms with E-state index in [9.17, 15) is 14.7 Å². The van der Waals surface area contributed by atoms with E-state index in [1.54, 1.807) is 7.05 Å². The van der Waals surface area contributed by atoms with Gasteiger partial charge in [-0.1, -0.05) is 24.1 Å². The Morgan fingerprint density at radius 3 is 2.17 bits per heavy atom. The van der Waals surface area contributed by atoms with E-state index in [1.165, 1.54) is 4.90 Å². The van der Waals surface area contributed by atoms with Crippen LogP contribution in [-0.2, 0) is 9.59 Å². The summed E-state index contributed by atoms with van der Waals surface area (Å²) in [5, 5.41) is 9.25. The Labute approximate surface area is 106 Å². The average molecular weight is 247 g/mol. The van der Waals surface area contributed by atoms with Gasteiger partial charge < -0.3 is 10.0 Å². The molecule has 0 aliphatic heterocycles. The van der Waals surface area contributed by atoms with Crippen LogP contribution in [0.5, 0.6) is 0 Å². The van der Waals surface area contributed by atoms with E-state index in [0.717, 1.165) is 17.7 Å². The number of carboxylic acid groups (broad SMARTS) is 1. The molecule has 0 heterocycles.